The highest BCUT2D eigenvalue weighted by Gasteiger charge is 2.20. The standard InChI is InChI=1S/C19H26N6O3S/c1-23(19(29)21-7-8-24-9-11-28-12-10-24)15-16(20)25(18(27)22-17(15)26)13-14-5-3-2-4-6-14/h2-6H,7-13,20H2,1H3,(H,21,29)(H,22,26,27)/p+1. The number of morpholine rings is 1. The first-order valence-electron chi connectivity index (χ1n) is 9.56. The van der Waals surface area contributed by atoms with Crippen molar-refractivity contribution >= 4 is 28.8 Å². The van der Waals surface area contributed by atoms with Crippen LogP contribution in [-0.4, -0.2) is 61.1 Å². The van der Waals surface area contributed by atoms with Gasteiger partial charge in [-0.1, -0.05) is 30.3 Å². The highest BCUT2D eigenvalue weighted by molar-refractivity contribution is 7.80. The average Bonchev–Trinajstić information content (AvgIpc) is 2.72. The molecular formula is C19H27N6O3S+. The first-order valence-corrected chi connectivity index (χ1v) is 9.97. The molecule has 29 heavy (non-hydrogen) atoms. The van der Waals surface area contributed by atoms with Crippen LogP contribution in [0.3, 0.4) is 0 Å². The molecule has 1 aromatic heterocycles. The van der Waals surface area contributed by atoms with E-state index in [1.54, 1.807) is 7.05 Å². The summed E-state index contributed by atoms with van der Waals surface area (Å²) in [6.45, 7) is 5.31. The number of nitrogens with two attached hydrogens (primary N) is 1. The average molecular weight is 420 g/mol. The summed E-state index contributed by atoms with van der Waals surface area (Å²) in [4.78, 5) is 30.0. The number of quaternary nitrogens is 1. The van der Waals surface area contributed by atoms with Crippen molar-refractivity contribution in [2.45, 2.75) is 6.54 Å². The summed E-state index contributed by atoms with van der Waals surface area (Å²) in [6.07, 6.45) is 0. The molecule has 1 aromatic carbocycles. The van der Waals surface area contributed by atoms with E-state index in [1.165, 1.54) is 14.4 Å². The number of anilines is 2. The molecule has 5 N–H and O–H groups in total. The molecule has 1 fully saturated rings. The van der Waals surface area contributed by atoms with E-state index in [2.05, 4.69) is 10.3 Å². The van der Waals surface area contributed by atoms with E-state index >= 15 is 0 Å². The van der Waals surface area contributed by atoms with Crippen LogP contribution in [0.15, 0.2) is 39.9 Å². The Labute approximate surface area is 174 Å². The Kier molecular flexibility index (Phi) is 7.02. The zero-order chi connectivity index (χ0) is 20.8. The molecular weight excluding hydrogens is 392 g/mol. The third-order valence-electron chi connectivity index (χ3n) is 4.99. The van der Waals surface area contributed by atoms with Crippen LogP contribution in [0.5, 0.6) is 0 Å². The Hall–Kier alpha value is -2.69. The number of thiocarbonyl (C=S) groups is 1. The van der Waals surface area contributed by atoms with Crippen LogP contribution in [0, 0.1) is 0 Å². The fourth-order valence-corrected chi connectivity index (χ4v) is 3.49. The van der Waals surface area contributed by atoms with Crippen LogP contribution in [-0.2, 0) is 11.3 Å². The van der Waals surface area contributed by atoms with E-state index in [-0.39, 0.29) is 18.1 Å². The normalized spacial score (nSPS) is 14.5. The molecule has 0 spiro atoms. The van der Waals surface area contributed by atoms with Crippen LogP contribution >= 0.6 is 12.2 Å². The number of nitrogens with one attached hydrogen (secondary N) is 3. The third kappa shape index (κ3) is 5.22. The van der Waals surface area contributed by atoms with Gasteiger partial charge in [-0.3, -0.25) is 14.3 Å². The topological polar surface area (TPSA) is 110 Å². The smallest absolute Gasteiger partial charge is 0.330 e. The van der Waals surface area contributed by atoms with Crippen molar-refractivity contribution in [3.63, 3.8) is 0 Å². The molecule has 0 bridgehead atoms. The third-order valence-corrected chi connectivity index (χ3v) is 5.41. The first kappa shape index (κ1) is 21.0. The molecule has 1 aliphatic rings. The van der Waals surface area contributed by atoms with Crippen LogP contribution in [0.1, 0.15) is 5.56 Å². The summed E-state index contributed by atoms with van der Waals surface area (Å²) in [5, 5.41) is 3.54. The molecule has 3 rings (SSSR count). The van der Waals surface area contributed by atoms with E-state index < -0.39 is 11.2 Å². The summed E-state index contributed by atoms with van der Waals surface area (Å²) in [5.41, 5.74) is 6.14. The molecule has 2 heterocycles. The number of hydrogen-bond acceptors (Lipinski definition) is 5. The van der Waals surface area contributed by atoms with Gasteiger partial charge in [0, 0.05) is 7.05 Å². The number of aromatic nitrogens is 2. The van der Waals surface area contributed by atoms with Gasteiger partial charge in [0.1, 0.15) is 24.6 Å². The van der Waals surface area contributed by atoms with Gasteiger partial charge >= 0.3 is 5.69 Å². The summed E-state index contributed by atoms with van der Waals surface area (Å²) < 4.78 is 6.69. The lowest BCUT2D eigenvalue weighted by Gasteiger charge is -2.26. The predicted molar refractivity (Wildman–Crippen MR) is 117 cm³/mol. The van der Waals surface area contributed by atoms with E-state index in [1.807, 2.05) is 30.3 Å². The zero-order valence-electron chi connectivity index (χ0n) is 16.4. The molecule has 2 aromatic rings. The second-order valence-electron chi connectivity index (χ2n) is 6.97. The number of nitrogens with zero attached hydrogens (tertiary/aromatic N) is 2. The van der Waals surface area contributed by atoms with Gasteiger partial charge in [-0.15, -0.1) is 0 Å². The molecule has 0 amide bonds. The van der Waals surface area contributed by atoms with E-state index in [0.29, 0.717) is 11.7 Å². The molecule has 1 saturated heterocycles. The van der Waals surface area contributed by atoms with Crippen LogP contribution in [0.4, 0.5) is 11.5 Å². The van der Waals surface area contributed by atoms with Gasteiger partial charge in [-0.25, -0.2) is 4.79 Å². The fourth-order valence-electron chi connectivity index (χ4n) is 3.30. The van der Waals surface area contributed by atoms with E-state index in [4.69, 9.17) is 22.7 Å². The molecule has 0 radical (unpaired) electrons. The Morgan fingerprint density at radius 2 is 2.00 bits per heavy atom. The van der Waals surface area contributed by atoms with Gasteiger partial charge in [0.15, 0.2) is 5.11 Å². The summed E-state index contributed by atoms with van der Waals surface area (Å²) in [7, 11) is 1.66. The Morgan fingerprint density at radius 3 is 2.69 bits per heavy atom. The molecule has 0 aliphatic carbocycles. The summed E-state index contributed by atoms with van der Waals surface area (Å²) in [6, 6.07) is 9.43. The molecule has 0 atom stereocenters. The lowest BCUT2D eigenvalue weighted by molar-refractivity contribution is -0.906. The monoisotopic (exact) mass is 419 g/mol. The minimum Gasteiger partial charge on any atom is -0.383 e. The van der Waals surface area contributed by atoms with E-state index in [9.17, 15) is 9.59 Å². The highest BCUT2D eigenvalue weighted by Crippen LogP contribution is 2.16. The maximum absolute atomic E-state index is 12.4. The lowest BCUT2D eigenvalue weighted by Crippen LogP contribution is -3.14. The molecule has 0 saturated carbocycles. The molecule has 10 heteroatoms. The van der Waals surface area contributed by atoms with Crippen LogP contribution < -0.4 is 32.1 Å². The second-order valence-corrected chi connectivity index (χ2v) is 7.35. The van der Waals surface area contributed by atoms with Gasteiger partial charge in [-0.2, -0.15) is 0 Å². The lowest BCUT2D eigenvalue weighted by atomic mass is 10.2. The first-order chi connectivity index (χ1) is 14.0. The summed E-state index contributed by atoms with van der Waals surface area (Å²) >= 11 is 5.44. The number of rotatable bonds is 6. The molecule has 9 nitrogen and oxygen atoms in total. The Bertz CT molecular complexity index is 953. The molecule has 156 valence electrons. The van der Waals surface area contributed by atoms with Gasteiger partial charge in [-0.05, 0) is 17.8 Å². The van der Waals surface area contributed by atoms with Crippen molar-refractivity contribution in [2.24, 2.45) is 0 Å². The maximum atomic E-state index is 12.4. The number of hydrogen-bond donors (Lipinski definition) is 4. The predicted octanol–water partition coefficient (Wildman–Crippen LogP) is -1.61. The quantitative estimate of drug-likeness (QED) is 0.417. The van der Waals surface area contributed by atoms with E-state index in [0.717, 1.165) is 38.4 Å². The van der Waals surface area contributed by atoms with Crippen molar-refractivity contribution < 1.29 is 9.64 Å². The largest absolute Gasteiger partial charge is 0.383 e. The number of benzene rings is 1. The van der Waals surface area contributed by atoms with Gasteiger partial charge in [0.2, 0.25) is 0 Å². The van der Waals surface area contributed by atoms with Crippen LogP contribution in [0.25, 0.3) is 0 Å². The Balaban J connectivity index is 1.72. The number of aromatic amines is 1. The molecule has 1 aliphatic heterocycles. The summed E-state index contributed by atoms with van der Waals surface area (Å²) in [5.74, 6) is 0.0769. The van der Waals surface area contributed by atoms with Crippen molar-refractivity contribution in [1.82, 2.24) is 14.9 Å². The minimum absolute atomic E-state index is 0.0769. The van der Waals surface area contributed by atoms with Crippen molar-refractivity contribution in [2.75, 3.05) is 57.1 Å². The number of nitrogen functional groups attached to an aromatic ring is 1. The van der Waals surface area contributed by atoms with Gasteiger partial charge in [0.25, 0.3) is 5.56 Å². The molecule has 0 unspecified atom stereocenters. The highest BCUT2D eigenvalue weighted by atomic mass is 32.1. The van der Waals surface area contributed by atoms with Crippen LogP contribution in [0.2, 0.25) is 0 Å². The second kappa shape index (κ2) is 9.68. The fraction of sp³-hybridized carbons (Fsp3) is 0.421. The number of ether oxygens (including phenoxy) is 1. The van der Waals surface area contributed by atoms with Crippen molar-refractivity contribution in [3.05, 3.63) is 56.7 Å². The minimum atomic E-state index is -0.567. The van der Waals surface area contributed by atoms with Crippen molar-refractivity contribution in [3.8, 4) is 0 Å². The van der Waals surface area contributed by atoms with Gasteiger partial charge in [0.05, 0.1) is 32.8 Å². The SMILES string of the molecule is CN(C(=S)NCC[NH+]1CCOCC1)c1c(N)n(Cc2ccccc2)c(=O)[nH]c1=O. The van der Waals surface area contributed by atoms with Crippen molar-refractivity contribution in [1.29, 1.82) is 0 Å². The maximum Gasteiger partial charge on any atom is 0.330 e. The number of H-pyrrole nitrogens is 1. The Morgan fingerprint density at radius 1 is 1.31 bits per heavy atom. The zero-order valence-corrected chi connectivity index (χ0v) is 17.3. The van der Waals surface area contributed by atoms with Gasteiger partial charge < -0.3 is 25.6 Å².